The van der Waals surface area contributed by atoms with E-state index in [-0.39, 0.29) is 28.3 Å². The van der Waals surface area contributed by atoms with Gasteiger partial charge in [-0.1, -0.05) is 11.6 Å². The lowest BCUT2D eigenvalue weighted by Gasteiger charge is -2.19. The number of hydrogen-bond donors (Lipinski definition) is 0. The quantitative estimate of drug-likeness (QED) is 0.405. The van der Waals surface area contributed by atoms with Gasteiger partial charge in [-0.15, -0.1) is 0 Å². The highest BCUT2D eigenvalue weighted by atomic mass is 35.5. The zero-order valence-corrected chi connectivity index (χ0v) is 16.2. The van der Waals surface area contributed by atoms with Crippen molar-refractivity contribution in [3.8, 4) is 0 Å². The number of hydrogen-bond acceptors (Lipinski definition) is 6. The molecule has 0 heterocycles. The van der Waals surface area contributed by atoms with Crippen LogP contribution in [0.1, 0.15) is 50.4 Å². The largest absolute Gasteiger partial charge is 0.460 e. The van der Waals surface area contributed by atoms with Gasteiger partial charge in [-0.2, -0.15) is 0 Å². The molecule has 25 heavy (non-hydrogen) atoms. The molecule has 0 atom stereocenters. The number of rotatable bonds is 7. The molecule has 1 aromatic carbocycles. The van der Waals surface area contributed by atoms with Crippen LogP contribution in [-0.2, 0) is 24.2 Å². The van der Waals surface area contributed by atoms with Crippen LogP contribution in [-0.4, -0.2) is 37.8 Å². The summed E-state index contributed by atoms with van der Waals surface area (Å²) in [5.41, 5.74) is -0.540. The van der Waals surface area contributed by atoms with Gasteiger partial charge in [0.05, 0.1) is 9.92 Å². The van der Waals surface area contributed by atoms with E-state index in [9.17, 15) is 22.8 Å². The van der Waals surface area contributed by atoms with Gasteiger partial charge in [-0.25, -0.2) is 8.42 Å². The summed E-state index contributed by atoms with van der Waals surface area (Å²) >= 11 is 5.96. The molecular weight excluding hydrogens is 368 g/mol. The second kappa shape index (κ2) is 8.10. The van der Waals surface area contributed by atoms with E-state index in [2.05, 4.69) is 0 Å². The lowest BCUT2D eigenvalue weighted by atomic mass is 10.0. The number of carbonyl (C=O) groups is 3. The van der Waals surface area contributed by atoms with Gasteiger partial charge >= 0.3 is 5.97 Å². The van der Waals surface area contributed by atoms with Crippen molar-refractivity contribution >= 4 is 39.0 Å². The number of benzene rings is 1. The van der Waals surface area contributed by atoms with Crippen molar-refractivity contribution in [3.63, 3.8) is 0 Å². The maximum Gasteiger partial charge on any atom is 0.313 e. The average molecular weight is 389 g/mol. The summed E-state index contributed by atoms with van der Waals surface area (Å²) < 4.78 is 27.9. The fourth-order valence-electron chi connectivity index (χ4n) is 1.97. The number of halogens is 1. The minimum Gasteiger partial charge on any atom is -0.460 e. The van der Waals surface area contributed by atoms with Gasteiger partial charge in [-0.3, -0.25) is 14.4 Å². The maximum atomic E-state index is 12.1. The van der Waals surface area contributed by atoms with E-state index in [1.54, 1.807) is 20.8 Å². The Morgan fingerprint density at radius 3 is 2.20 bits per heavy atom. The highest BCUT2D eigenvalue weighted by Gasteiger charge is 2.20. The molecule has 138 valence electrons. The van der Waals surface area contributed by atoms with Crippen molar-refractivity contribution < 1.29 is 27.5 Å². The molecule has 0 unspecified atom stereocenters. The number of ether oxygens (including phenoxy) is 1. The topological polar surface area (TPSA) is 94.6 Å². The van der Waals surface area contributed by atoms with Crippen molar-refractivity contribution in [1.29, 1.82) is 0 Å². The average Bonchev–Trinajstić information content (AvgIpc) is 2.41. The summed E-state index contributed by atoms with van der Waals surface area (Å²) in [6.45, 7) is 5.09. The van der Waals surface area contributed by atoms with E-state index in [1.165, 1.54) is 18.2 Å². The number of Topliss-reactive ketones (excluding diaryl/α,β-unsaturated/α-hetero) is 2. The third kappa shape index (κ3) is 7.36. The van der Waals surface area contributed by atoms with Crippen molar-refractivity contribution in [2.45, 2.75) is 50.5 Å². The Balaban J connectivity index is 2.66. The molecule has 0 aromatic heterocycles. The molecule has 0 bridgehead atoms. The molecule has 0 aliphatic heterocycles. The lowest BCUT2D eigenvalue weighted by Crippen LogP contribution is -2.25. The third-order valence-corrected chi connectivity index (χ3v) is 4.48. The Hall–Kier alpha value is -1.73. The van der Waals surface area contributed by atoms with Crippen molar-refractivity contribution in [1.82, 2.24) is 0 Å². The first-order chi connectivity index (χ1) is 11.3. The first kappa shape index (κ1) is 21.3. The van der Waals surface area contributed by atoms with Crippen LogP contribution < -0.4 is 0 Å². The summed E-state index contributed by atoms with van der Waals surface area (Å²) in [5.74, 6) is -1.45. The molecule has 0 fully saturated rings. The molecule has 0 spiro atoms. The number of ketones is 2. The minimum atomic E-state index is -3.42. The standard InChI is InChI=1S/C17H21ClO6S/c1-17(2,3)24-16(21)9-11(19)5-8-15(20)13-7-6-12(10-14(13)18)25(4,22)23/h6-7,10H,5,8-9H2,1-4H3. The van der Waals surface area contributed by atoms with Crippen LogP contribution in [0.5, 0.6) is 0 Å². The highest BCUT2D eigenvalue weighted by molar-refractivity contribution is 7.90. The zero-order chi connectivity index (χ0) is 19.4. The monoisotopic (exact) mass is 388 g/mol. The first-order valence-corrected chi connectivity index (χ1v) is 9.83. The number of sulfone groups is 1. The van der Waals surface area contributed by atoms with Gasteiger partial charge in [0, 0.05) is 24.7 Å². The van der Waals surface area contributed by atoms with Crippen LogP contribution in [0.4, 0.5) is 0 Å². The molecule has 8 heteroatoms. The van der Waals surface area contributed by atoms with E-state index in [4.69, 9.17) is 16.3 Å². The predicted octanol–water partition coefficient (Wildman–Crippen LogP) is 3.01. The molecule has 0 saturated carbocycles. The number of esters is 1. The normalized spacial score (nSPS) is 11.9. The van der Waals surface area contributed by atoms with Crippen LogP contribution in [0.2, 0.25) is 5.02 Å². The molecule has 0 aliphatic rings. The van der Waals surface area contributed by atoms with Crippen molar-refractivity contribution in [3.05, 3.63) is 28.8 Å². The second-order valence-electron chi connectivity index (χ2n) is 6.64. The van der Waals surface area contributed by atoms with E-state index >= 15 is 0 Å². The zero-order valence-electron chi connectivity index (χ0n) is 14.6. The molecule has 1 aromatic rings. The summed E-state index contributed by atoms with van der Waals surface area (Å²) in [6, 6.07) is 3.81. The van der Waals surface area contributed by atoms with Crippen LogP contribution >= 0.6 is 11.6 Å². The third-order valence-electron chi connectivity index (χ3n) is 3.06. The summed E-state index contributed by atoms with van der Waals surface area (Å²) in [7, 11) is -3.42. The van der Waals surface area contributed by atoms with Gasteiger partial charge in [-0.05, 0) is 39.0 Å². The van der Waals surface area contributed by atoms with Crippen LogP contribution in [0.3, 0.4) is 0 Å². The second-order valence-corrected chi connectivity index (χ2v) is 9.06. The van der Waals surface area contributed by atoms with E-state index < -0.39 is 39.4 Å². The molecular formula is C17H21ClO6S. The van der Waals surface area contributed by atoms with Crippen LogP contribution in [0.25, 0.3) is 0 Å². The van der Waals surface area contributed by atoms with Crippen molar-refractivity contribution in [2.75, 3.05) is 6.26 Å². The predicted molar refractivity (Wildman–Crippen MR) is 93.6 cm³/mol. The summed E-state index contributed by atoms with van der Waals surface area (Å²) in [6.07, 6.45) is 0.391. The molecule has 0 radical (unpaired) electrons. The molecule has 1 rings (SSSR count). The van der Waals surface area contributed by atoms with E-state index in [0.717, 1.165) is 6.26 Å². The minimum absolute atomic E-state index is 0.00696. The van der Waals surface area contributed by atoms with Gasteiger partial charge in [0.2, 0.25) is 0 Å². The van der Waals surface area contributed by atoms with Crippen LogP contribution in [0.15, 0.2) is 23.1 Å². The Labute approximate surface area is 152 Å². The van der Waals surface area contributed by atoms with Gasteiger partial charge < -0.3 is 4.74 Å². The fourth-order valence-corrected chi connectivity index (χ4v) is 2.96. The molecule has 0 N–H and O–H groups in total. The summed E-state index contributed by atoms with van der Waals surface area (Å²) in [5, 5.41) is 0.00696. The van der Waals surface area contributed by atoms with Gasteiger partial charge in [0.15, 0.2) is 15.6 Å². The SMILES string of the molecule is CC(C)(C)OC(=O)CC(=O)CCC(=O)c1ccc(S(C)(=O)=O)cc1Cl. The van der Waals surface area contributed by atoms with Gasteiger partial charge in [0.1, 0.15) is 17.8 Å². The lowest BCUT2D eigenvalue weighted by molar-refractivity contribution is -0.156. The Bertz CT molecular complexity index is 790. The molecule has 0 aliphatic carbocycles. The Morgan fingerprint density at radius 1 is 1.12 bits per heavy atom. The van der Waals surface area contributed by atoms with E-state index in [0.29, 0.717) is 0 Å². The first-order valence-electron chi connectivity index (χ1n) is 7.56. The number of carbonyl (C=O) groups excluding carboxylic acids is 3. The highest BCUT2D eigenvalue weighted by Crippen LogP contribution is 2.22. The van der Waals surface area contributed by atoms with Gasteiger partial charge in [0.25, 0.3) is 0 Å². The Kier molecular flexibility index (Phi) is 6.90. The van der Waals surface area contributed by atoms with Crippen molar-refractivity contribution in [2.24, 2.45) is 0 Å². The van der Waals surface area contributed by atoms with Crippen LogP contribution in [0, 0.1) is 0 Å². The summed E-state index contributed by atoms with van der Waals surface area (Å²) in [4.78, 5) is 35.5. The Morgan fingerprint density at radius 2 is 1.72 bits per heavy atom. The molecule has 6 nitrogen and oxygen atoms in total. The molecule has 0 saturated heterocycles. The fraction of sp³-hybridized carbons (Fsp3) is 0.471. The smallest absolute Gasteiger partial charge is 0.313 e. The van der Waals surface area contributed by atoms with E-state index in [1.807, 2.05) is 0 Å². The maximum absolute atomic E-state index is 12.1. The molecule has 0 amide bonds.